The van der Waals surface area contributed by atoms with E-state index in [1.807, 2.05) is 51.1 Å². The first-order chi connectivity index (χ1) is 20.8. The predicted molar refractivity (Wildman–Crippen MR) is 188 cm³/mol. The molecule has 0 saturated heterocycles. The second kappa shape index (κ2) is 18.5. The number of hydrogen-bond acceptors (Lipinski definition) is 6. The topological polar surface area (TPSA) is 97.1 Å². The number of primary amides is 1. The number of ketones is 1. The first-order valence-corrected chi connectivity index (χ1v) is 19.1. The molecule has 0 heterocycles. The number of hydrogen-bond donors (Lipinski definition) is 1. The fourth-order valence-corrected chi connectivity index (χ4v) is 6.89. The van der Waals surface area contributed by atoms with Crippen LogP contribution in [0.1, 0.15) is 74.3 Å². The smallest absolute Gasteiger partial charge is 0.404 e. The molecule has 0 aliphatic heterocycles. The number of rotatable bonds is 19. The van der Waals surface area contributed by atoms with Crippen LogP contribution in [0, 0.1) is 29.6 Å². The van der Waals surface area contributed by atoms with E-state index in [4.69, 9.17) is 24.4 Å². The minimum atomic E-state index is -2.09. The predicted octanol–water partition coefficient (Wildman–Crippen LogP) is 8.89. The van der Waals surface area contributed by atoms with Gasteiger partial charge in [-0.2, -0.15) is 0 Å². The number of amides is 1. The molecule has 7 nitrogen and oxygen atoms in total. The Morgan fingerprint density at radius 2 is 1.60 bits per heavy atom. The molecule has 254 valence electrons. The van der Waals surface area contributed by atoms with Gasteiger partial charge in [0, 0.05) is 17.8 Å². The van der Waals surface area contributed by atoms with Crippen LogP contribution in [0.3, 0.4) is 0 Å². The molecule has 0 unspecified atom stereocenters. The van der Waals surface area contributed by atoms with Gasteiger partial charge in [0.2, 0.25) is 0 Å². The van der Waals surface area contributed by atoms with Crippen LogP contribution in [0.15, 0.2) is 60.7 Å². The fraction of sp³-hybridized carbons (Fsp3) is 0.622. The largest absolute Gasteiger partial charge is 0.497 e. The molecule has 0 aliphatic rings. The van der Waals surface area contributed by atoms with Crippen molar-refractivity contribution < 1.29 is 28.2 Å². The van der Waals surface area contributed by atoms with E-state index in [1.165, 1.54) is 0 Å². The highest BCUT2D eigenvalue weighted by Crippen LogP contribution is 2.39. The summed E-state index contributed by atoms with van der Waals surface area (Å²) in [5.74, 6) is 0.142. The van der Waals surface area contributed by atoms with Gasteiger partial charge in [0.25, 0.3) is 0 Å². The Kier molecular flexibility index (Phi) is 16.5. The number of benzene rings is 1. The van der Waals surface area contributed by atoms with E-state index < -0.39 is 26.4 Å². The SMILES string of the molecule is C=C/C=C\[C@H](C)[C@H](OC(N)=O)[C@@H](C)C(=O)[C@@H](C)C/C(C)=C\[C@H](C)[C@@H](O[Si](C)(C)C(C)(C)C)[C@@H](C)COCc1ccc(OC)cc1. The third-order valence-electron chi connectivity index (χ3n) is 9.05. The van der Waals surface area contributed by atoms with Gasteiger partial charge in [0.15, 0.2) is 8.32 Å². The van der Waals surface area contributed by atoms with Crippen molar-refractivity contribution in [1.29, 1.82) is 0 Å². The zero-order valence-corrected chi connectivity index (χ0v) is 31.0. The molecular formula is C37H61NO6Si. The molecule has 1 aromatic carbocycles. The highest BCUT2D eigenvalue weighted by Gasteiger charge is 2.41. The minimum absolute atomic E-state index is 0.0369. The van der Waals surface area contributed by atoms with Gasteiger partial charge >= 0.3 is 6.09 Å². The monoisotopic (exact) mass is 643 g/mol. The third kappa shape index (κ3) is 13.3. The van der Waals surface area contributed by atoms with Gasteiger partial charge in [-0.3, -0.25) is 4.79 Å². The molecule has 0 radical (unpaired) electrons. The Labute approximate surface area is 274 Å². The standard InChI is InChI=1S/C37H61NO6Si/c1-14-15-16-26(3)35(43-36(38)40)30(7)33(39)27(4)21-25(2)22-28(5)34(44-45(12,13)37(8,9)10)29(6)23-42-24-31-17-19-32(41-11)20-18-31/h14-20,22,26-30,34-35H,1,21,23-24H2,2-13H3,(H2,38,40)/b16-15-,25-22-/t26-,27-,28-,29-,30-,34+,35-/m0/s1. The summed E-state index contributed by atoms with van der Waals surface area (Å²) < 4.78 is 23.9. The van der Waals surface area contributed by atoms with Crippen LogP contribution in [0.2, 0.25) is 18.1 Å². The van der Waals surface area contributed by atoms with Crippen LogP contribution >= 0.6 is 0 Å². The first kappa shape index (κ1) is 40.3. The summed E-state index contributed by atoms with van der Waals surface area (Å²) in [4.78, 5) is 25.2. The van der Waals surface area contributed by atoms with Crippen molar-refractivity contribution in [2.45, 2.75) is 106 Å². The fourth-order valence-electron chi connectivity index (χ4n) is 5.41. The summed E-state index contributed by atoms with van der Waals surface area (Å²) in [5, 5.41) is 0.0615. The number of nitrogens with two attached hydrogens (primary N) is 1. The average molecular weight is 644 g/mol. The number of carbonyl (C=O) groups is 2. The van der Waals surface area contributed by atoms with E-state index in [0.29, 0.717) is 19.6 Å². The molecular weight excluding hydrogens is 582 g/mol. The molecule has 45 heavy (non-hydrogen) atoms. The highest BCUT2D eigenvalue weighted by molar-refractivity contribution is 6.74. The van der Waals surface area contributed by atoms with Crippen molar-refractivity contribution >= 4 is 20.2 Å². The Hall–Kier alpha value is -2.68. The maximum absolute atomic E-state index is 13.5. The maximum Gasteiger partial charge on any atom is 0.404 e. The van der Waals surface area contributed by atoms with E-state index in [-0.39, 0.29) is 40.6 Å². The Morgan fingerprint density at radius 1 is 1.00 bits per heavy atom. The van der Waals surface area contributed by atoms with Gasteiger partial charge in [-0.05, 0) is 55.1 Å². The van der Waals surface area contributed by atoms with E-state index >= 15 is 0 Å². The Morgan fingerprint density at radius 3 is 2.11 bits per heavy atom. The van der Waals surface area contributed by atoms with Gasteiger partial charge in [0.1, 0.15) is 17.6 Å². The van der Waals surface area contributed by atoms with Gasteiger partial charge in [-0.15, -0.1) is 0 Å². The summed E-state index contributed by atoms with van der Waals surface area (Å²) in [7, 11) is -0.425. The maximum atomic E-state index is 13.5. The molecule has 0 aliphatic carbocycles. The lowest BCUT2D eigenvalue weighted by Gasteiger charge is -2.42. The van der Waals surface area contributed by atoms with Crippen LogP contribution in [-0.4, -0.2) is 46.1 Å². The van der Waals surface area contributed by atoms with Crippen molar-refractivity contribution in [2.75, 3.05) is 13.7 Å². The van der Waals surface area contributed by atoms with E-state index in [0.717, 1.165) is 16.9 Å². The van der Waals surface area contributed by atoms with Crippen LogP contribution in [0.4, 0.5) is 4.79 Å². The quantitative estimate of drug-likeness (QED) is 0.0919. The third-order valence-corrected chi connectivity index (χ3v) is 13.5. The summed E-state index contributed by atoms with van der Waals surface area (Å²) in [5.41, 5.74) is 7.57. The van der Waals surface area contributed by atoms with Gasteiger partial charge in [-0.1, -0.05) is 104 Å². The van der Waals surface area contributed by atoms with Gasteiger partial charge in [0.05, 0.1) is 32.3 Å². The lowest BCUT2D eigenvalue weighted by Crippen LogP contribution is -2.47. The number of allylic oxidation sites excluding steroid dienone is 3. The number of ether oxygens (including phenoxy) is 3. The second-order valence-corrected chi connectivity index (χ2v) is 19.0. The molecule has 1 amide bonds. The first-order valence-electron chi connectivity index (χ1n) is 16.2. The molecule has 0 bridgehead atoms. The summed E-state index contributed by atoms with van der Waals surface area (Å²) in [6, 6.07) is 7.93. The Balaban J connectivity index is 3.09. The van der Waals surface area contributed by atoms with Crippen molar-refractivity contribution in [3.05, 3.63) is 66.3 Å². The average Bonchev–Trinajstić information content (AvgIpc) is 2.95. The molecule has 0 fully saturated rings. The molecule has 0 saturated carbocycles. The number of carbonyl (C=O) groups excluding carboxylic acids is 2. The molecule has 7 atom stereocenters. The molecule has 0 aromatic heterocycles. The van der Waals surface area contributed by atoms with Gasteiger partial charge < -0.3 is 24.4 Å². The molecule has 1 aromatic rings. The van der Waals surface area contributed by atoms with E-state index in [9.17, 15) is 9.59 Å². The van der Waals surface area contributed by atoms with E-state index in [2.05, 4.69) is 67.3 Å². The van der Waals surface area contributed by atoms with Crippen molar-refractivity contribution in [3.8, 4) is 5.75 Å². The zero-order valence-electron chi connectivity index (χ0n) is 30.0. The summed E-state index contributed by atoms with van der Waals surface area (Å²) in [6.07, 6.45) is 6.56. The summed E-state index contributed by atoms with van der Waals surface area (Å²) in [6.45, 7) is 28.2. The number of Topliss-reactive ketones (excluding diaryl/α,β-unsaturated/α-hetero) is 1. The molecule has 1 rings (SSSR count). The number of methoxy groups -OCH3 is 1. The molecule has 8 heteroatoms. The molecule has 0 spiro atoms. The normalized spacial score (nSPS) is 17.6. The zero-order chi connectivity index (χ0) is 34.5. The van der Waals surface area contributed by atoms with Crippen molar-refractivity contribution in [1.82, 2.24) is 0 Å². The Bertz CT molecular complexity index is 1140. The minimum Gasteiger partial charge on any atom is -0.497 e. The van der Waals surface area contributed by atoms with Crippen LogP contribution in [0.5, 0.6) is 5.75 Å². The lowest BCUT2D eigenvalue weighted by molar-refractivity contribution is -0.129. The van der Waals surface area contributed by atoms with Gasteiger partial charge in [-0.25, -0.2) is 4.79 Å². The van der Waals surface area contributed by atoms with E-state index in [1.54, 1.807) is 19.3 Å². The van der Waals surface area contributed by atoms with Crippen molar-refractivity contribution in [2.24, 2.45) is 35.3 Å². The summed E-state index contributed by atoms with van der Waals surface area (Å²) >= 11 is 0. The van der Waals surface area contributed by atoms with Crippen molar-refractivity contribution in [3.63, 3.8) is 0 Å². The molecule has 2 N–H and O–H groups in total. The highest BCUT2D eigenvalue weighted by atomic mass is 28.4. The van der Waals surface area contributed by atoms with Crippen LogP contribution in [0.25, 0.3) is 0 Å². The second-order valence-electron chi connectivity index (χ2n) is 14.2. The lowest BCUT2D eigenvalue weighted by atomic mass is 9.82. The van der Waals surface area contributed by atoms with Crippen LogP contribution < -0.4 is 10.5 Å². The van der Waals surface area contributed by atoms with Crippen LogP contribution in [-0.2, 0) is 25.3 Å².